The van der Waals surface area contributed by atoms with Gasteiger partial charge in [-0.3, -0.25) is 4.99 Å². The molecule has 0 aromatic carbocycles. The molecule has 0 aliphatic carbocycles. The van der Waals surface area contributed by atoms with Gasteiger partial charge in [-0.05, 0) is 45.4 Å². The largest absolute Gasteiger partial charge is 0.356 e. The van der Waals surface area contributed by atoms with Crippen molar-refractivity contribution in [3.05, 3.63) is 0 Å². The number of guanidine groups is 1. The molecule has 0 atom stereocenters. The quantitative estimate of drug-likeness (QED) is 0.264. The van der Waals surface area contributed by atoms with Crippen LogP contribution in [0.3, 0.4) is 0 Å². The summed E-state index contributed by atoms with van der Waals surface area (Å²) in [5.41, 5.74) is 0. The Hall–Kier alpha value is -0.0800. The topological polar surface area (TPSA) is 42.9 Å². The lowest BCUT2D eigenvalue weighted by Crippen LogP contribution is -2.41. The van der Waals surface area contributed by atoms with Crippen LogP contribution in [0.4, 0.5) is 0 Å². The molecule has 1 fully saturated rings. The Morgan fingerprint density at radius 2 is 1.83 bits per heavy atom. The van der Waals surface area contributed by atoms with E-state index < -0.39 is 0 Å². The van der Waals surface area contributed by atoms with E-state index in [1.165, 1.54) is 58.4 Å². The molecule has 138 valence electrons. The highest BCUT2D eigenvalue weighted by atomic mass is 127. The molecule has 6 heteroatoms. The van der Waals surface area contributed by atoms with Crippen molar-refractivity contribution in [1.82, 2.24) is 20.4 Å². The van der Waals surface area contributed by atoms with E-state index in [0.717, 1.165) is 25.0 Å². The number of rotatable bonds is 8. The Bertz CT molecular complexity index is 307. The minimum absolute atomic E-state index is 0. The van der Waals surface area contributed by atoms with Crippen LogP contribution in [0.5, 0.6) is 0 Å². The van der Waals surface area contributed by atoms with E-state index in [9.17, 15) is 0 Å². The first-order valence-electron chi connectivity index (χ1n) is 9.05. The molecule has 2 N–H and O–H groups in total. The van der Waals surface area contributed by atoms with E-state index in [2.05, 4.69) is 46.3 Å². The second-order valence-electron chi connectivity index (χ2n) is 6.41. The summed E-state index contributed by atoms with van der Waals surface area (Å²) in [7, 11) is 4.08. The molecule has 1 rings (SSSR count). The minimum atomic E-state index is 0. The fraction of sp³-hybridized carbons (Fsp3) is 0.941. The Morgan fingerprint density at radius 1 is 1.09 bits per heavy atom. The van der Waals surface area contributed by atoms with Crippen molar-refractivity contribution in [2.75, 3.05) is 59.9 Å². The normalized spacial score (nSPS) is 17.7. The smallest absolute Gasteiger partial charge is 0.190 e. The molecule has 23 heavy (non-hydrogen) atoms. The van der Waals surface area contributed by atoms with Gasteiger partial charge in [-0.1, -0.05) is 26.7 Å². The van der Waals surface area contributed by atoms with Crippen LogP contribution in [-0.2, 0) is 0 Å². The van der Waals surface area contributed by atoms with Crippen LogP contribution < -0.4 is 10.6 Å². The summed E-state index contributed by atoms with van der Waals surface area (Å²) >= 11 is 0. The molecule has 1 saturated heterocycles. The van der Waals surface area contributed by atoms with E-state index in [0.29, 0.717) is 0 Å². The number of aliphatic imine (C=N–C) groups is 1. The lowest BCUT2D eigenvalue weighted by molar-refractivity contribution is 0.274. The second kappa shape index (κ2) is 14.3. The summed E-state index contributed by atoms with van der Waals surface area (Å²) in [6.45, 7) is 12.6. The zero-order valence-electron chi connectivity index (χ0n) is 15.6. The van der Waals surface area contributed by atoms with Gasteiger partial charge in [0.1, 0.15) is 0 Å². The predicted octanol–water partition coefficient (Wildman–Crippen LogP) is 2.23. The molecule has 0 radical (unpaired) electrons. The van der Waals surface area contributed by atoms with E-state index >= 15 is 0 Å². The molecule has 0 spiro atoms. The first kappa shape index (κ1) is 22.9. The molecule has 0 aromatic heterocycles. The number of hydrogen-bond donors (Lipinski definition) is 2. The third-order valence-electron chi connectivity index (χ3n) is 4.69. The SMILES string of the molecule is CCC(CC)CNC(=NC)NCCCN1CCCN(C)CC1.I. The van der Waals surface area contributed by atoms with E-state index in [1.807, 2.05) is 7.05 Å². The van der Waals surface area contributed by atoms with Gasteiger partial charge in [-0.2, -0.15) is 0 Å². The van der Waals surface area contributed by atoms with Gasteiger partial charge in [0.05, 0.1) is 0 Å². The Balaban J connectivity index is 0.00000484. The van der Waals surface area contributed by atoms with Gasteiger partial charge >= 0.3 is 0 Å². The predicted molar refractivity (Wildman–Crippen MR) is 112 cm³/mol. The van der Waals surface area contributed by atoms with Gasteiger partial charge in [0.15, 0.2) is 5.96 Å². The molecule has 1 aliphatic heterocycles. The molecular formula is C17H38IN5. The third-order valence-corrected chi connectivity index (χ3v) is 4.69. The van der Waals surface area contributed by atoms with Crippen molar-refractivity contribution in [1.29, 1.82) is 0 Å². The van der Waals surface area contributed by atoms with Crippen molar-refractivity contribution >= 4 is 29.9 Å². The van der Waals surface area contributed by atoms with Crippen LogP contribution >= 0.6 is 24.0 Å². The van der Waals surface area contributed by atoms with Crippen LogP contribution in [0.25, 0.3) is 0 Å². The van der Waals surface area contributed by atoms with Crippen molar-refractivity contribution in [3.63, 3.8) is 0 Å². The fourth-order valence-corrected chi connectivity index (χ4v) is 2.87. The van der Waals surface area contributed by atoms with Crippen LogP contribution in [0, 0.1) is 5.92 Å². The molecule has 0 amide bonds. The van der Waals surface area contributed by atoms with Crippen molar-refractivity contribution in [2.45, 2.75) is 39.5 Å². The minimum Gasteiger partial charge on any atom is -0.356 e. The Morgan fingerprint density at radius 3 is 2.48 bits per heavy atom. The van der Waals surface area contributed by atoms with Gasteiger partial charge in [0.25, 0.3) is 0 Å². The summed E-state index contributed by atoms with van der Waals surface area (Å²) < 4.78 is 0. The van der Waals surface area contributed by atoms with Gasteiger partial charge in [-0.25, -0.2) is 0 Å². The molecule has 0 saturated carbocycles. The Labute approximate surface area is 160 Å². The number of likely N-dealkylation sites (N-methyl/N-ethyl adjacent to an activating group) is 1. The van der Waals surface area contributed by atoms with Crippen LogP contribution in [0.15, 0.2) is 4.99 Å². The van der Waals surface area contributed by atoms with Gasteiger partial charge < -0.3 is 20.4 Å². The third kappa shape index (κ3) is 10.4. The maximum atomic E-state index is 4.31. The van der Waals surface area contributed by atoms with E-state index in [-0.39, 0.29) is 24.0 Å². The second-order valence-corrected chi connectivity index (χ2v) is 6.41. The molecular weight excluding hydrogens is 401 g/mol. The zero-order valence-corrected chi connectivity index (χ0v) is 17.9. The molecule has 0 unspecified atom stereocenters. The standard InChI is InChI=1S/C17H37N5.HI/c1-5-16(6-2)15-20-17(18-3)19-9-7-11-22-12-8-10-21(4)13-14-22;/h16H,5-15H2,1-4H3,(H2,18,19,20);1H. The fourth-order valence-electron chi connectivity index (χ4n) is 2.87. The lowest BCUT2D eigenvalue weighted by Gasteiger charge is -2.21. The van der Waals surface area contributed by atoms with Crippen molar-refractivity contribution < 1.29 is 0 Å². The van der Waals surface area contributed by atoms with Gasteiger partial charge in [0.2, 0.25) is 0 Å². The lowest BCUT2D eigenvalue weighted by atomic mass is 10.0. The monoisotopic (exact) mass is 439 g/mol. The van der Waals surface area contributed by atoms with Gasteiger partial charge in [0, 0.05) is 33.2 Å². The first-order valence-corrected chi connectivity index (χ1v) is 9.05. The summed E-state index contributed by atoms with van der Waals surface area (Å²) in [6.07, 6.45) is 4.92. The highest BCUT2D eigenvalue weighted by molar-refractivity contribution is 14.0. The molecule has 1 aliphatic rings. The highest BCUT2D eigenvalue weighted by Gasteiger charge is 2.11. The van der Waals surface area contributed by atoms with Gasteiger partial charge in [-0.15, -0.1) is 24.0 Å². The molecule has 1 heterocycles. The van der Waals surface area contributed by atoms with Crippen LogP contribution in [0.2, 0.25) is 0 Å². The van der Waals surface area contributed by atoms with Crippen LogP contribution in [0.1, 0.15) is 39.5 Å². The summed E-state index contributed by atoms with van der Waals surface area (Å²) in [6, 6.07) is 0. The van der Waals surface area contributed by atoms with Crippen LogP contribution in [-0.4, -0.2) is 75.7 Å². The highest BCUT2D eigenvalue weighted by Crippen LogP contribution is 2.05. The molecule has 0 aromatic rings. The maximum Gasteiger partial charge on any atom is 0.190 e. The molecule has 0 bridgehead atoms. The summed E-state index contributed by atoms with van der Waals surface area (Å²) in [4.78, 5) is 9.33. The summed E-state index contributed by atoms with van der Waals surface area (Å²) in [5, 5.41) is 6.88. The maximum absolute atomic E-state index is 4.31. The number of nitrogens with zero attached hydrogens (tertiary/aromatic N) is 3. The van der Waals surface area contributed by atoms with Crippen molar-refractivity contribution in [3.8, 4) is 0 Å². The zero-order chi connectivity index (χ0) is 16.2. The number of halogens is 1. The van der Waals surface area contributed by atoms with E-state index in [4.69, 9.17) is 0 Å². The average molecular weight is 439 g/mol. The van der Waals surface area contributed by atoms with E-state index in [1.54, 1.807) is 0 Å². The average Bonchev–Trinajstić information content (AvgIpc) is 2.74. The summed E-state index contributed by atoms with van der Waals surface area (Å²) in [5.74, 6) is 1.69. The Kier molecular flexibility index (Phi) is 14.2. The van der Waals surface area contributed by atoms with Crippen molar-refractivity contribution in [2.24, 2.45) is 10.9 Å². The number of nitrogens with one attached hydrogen (secondary N) is 2. The first-order chi connectivity index (χ1) is 10.7. The molecule has 5 nitrogen and oxygen atoms in total. The number of hydrogen-bond acceptors (Lipinski definition) is 3.